The number of carbonyl (C=O) groups is 2. The van der Waals surface area contributed by atoms with Crippen LogP contribution in [0.3, 0.4) is 0 Å². The molecular weight excluding hydrogens is 402 g/mol. The zero-order valence-electron chi connectivity index (χ0n) is 17.4. The van der Waals surface area contributed by atoms with Crippen molar-refractivity contribution in [1.82, 2.24) is 9.21 Å². The fourth-order valence-corrected chi connectivity index (χ4v) is 4.60. The monoisotopic (exact) mass is 427 g/mol. The highest BCUT2D eigenvalue weighted by molar-refractivity contribution is 7.89. The molecule has 1 aliphatic rings. The molecule has 2 amide bonds. The van der Waals surface area contributed by atoms with Crippen molar-refractivity contribution in [1.29, 1.82) is 0 Å². The van der Waals surface area contributed by atoms with Crippen molar-refractivity contribution in [2.75, 3.05) is 19.4 Å². The topological polar surface area (TPSA) is 86.8 Å². The van der Waals surface area contributed by atoms with Crippen molar-refractivity contribution in [3.63, 3.8) is 0 Å². The summed E-state index contributed by atoms with van der Waals surface area (Å²) in [5.41, 5.74) is 2.84. The number of hydrogen-bond acceptors (Lipinski definition) is 4. The number of sulfonamides is 1. The minimum absolute atomic E-state index is 0.0462. The summed E-state index contributed by atoms with van der Waals surface area (Å²) in [6.07, 6.45) is 3.59. The van der Waals surface area contributed by atoms with Gasteiger partial charge in [-0.1, -0.05) is 30.3 Å². The highest BCUT2D eigenvalue weighted by Crippen LogP contribution is 2.33. The van der Waals surface area contributed by atoms with Crippen molar-refractivity contribution in [2.24, 2.45) is 0 Å². The predicted octanol–water partition coefficient (Wildman–Crippen LogP) is 3.15. The van der Waals surface area contributed by atoms with Crippen molar-refractivity contribution < 1.29 is 18.0 Å². The number of rotatable bonds is 5. The normalized spacial score (nSPS) is 15.8. The van der Waals surface area contributed by atoms with Gasteiger partial charge in [0.15, 0.2) is 0 Å². The summed E-state index contributed by atoms with van der Waals surface area (Å²) in [5.74, 6) is -0.471. The number of hydrogen-bond donors (Lipinski definition) is 1. The summed E-state index contributed by atoms with van der Waals surface area (Å²) in [4.78, 5) is 26.6. The molecule has 0 bridgehead atoms. The average Bonchev–Trinajstić information content (AvgIpc) is 2.69. The lowest BCUT2D eigenvalue weighted by Gasteiger charge is -2.32. The zero-order valence-corrected chi connectivity index (χ0v) is 18.2. The van der Waals surface area contributed by atoms with Crippen LogP contribution in [0.1, 0.15) is 36.1 Å². The first kappa shape index (κ1) is 21.7. The lowest BCUT2D eigenvalue weighted by atomic mass is 9.93. The zero-order chi connectivity index (χ0) is 22.1. The third-order valence-electron chi connectivity index (χ3n) is 5.08. The molecule has 0 fully saturated rings. The fraction of sp³-hybridized carbons (Fsp3) is 0.273. The maximum atomic E-state index is 12.8. The van der Waals surface area contributed by atoms with E-state index in [2.05, 4.69) is 5.32 Å². The first-order valence-electron chi connectivity index (χ1n) is 9.50. The maximum absolute atomic E-state index is 12.8. The van der Waals surface area contributed by atoms with Crippen LogP contribution < -0.4 is 5.32 Å². The van der Waals surface area contributed by atoms with Crippen LogP contribution in [0, 0.1) is 6.92 Å². The number of nitrogens with zero attached hydrogens (tertiary/aromatic N) is 2. The van der Waals surface area contributed by atoms with Gasteiger partial charge in [0.1, 0.15) is 0 Å². The van der Waals surface area contributed by atoms with Gasteiger partial charge in [-0.3, -0.25) is 9.59 Å². The number of carbonyl (C=O) groups excluding carboxylic acids is 2. The van der Waals surface area contributed by atoms with Gasteiger partial charge in [0.05, 0.1) is 17.4 Å². The van der Waals surface area contributed by atoms with Gasteiger partial charge in [0.2, 0.25) is 21.8 Å². The van der Waals surface area contributed by atoms with E-state index >= 15 is 0 Å². The molecule has 0 aliphatic carbocycles. The molecule has 0 unspecified atom stereocenters. The second kappa shape index (κ2) is 8.41. The molecule has 7 nitrogen and oxygen atoms in total. The van der Waals surface area contributed by atoms with E-state index in [1.807, 2.05) is 30.3 Å². The second-order valence-corrected chi connectivity index (χ2v) is 9.53. The van der Waals surface area contributed by atoms with E-state index in [1.54, 1.807) is 30.2 Å². The van der Waals surface area contributed by atoms with Gasteiger partial charge in [-0.25, -0.2) is 12.7 Å². The van der Waals surface area contributed by atoms with Gasteiger partial charge in [0, 0.05) is 32.9 Å². The van der Waals surface area contributed by atoms with Gasteiger partial charge in [-0.05, 0) is 41.8 Å². The summed E-state index contributed by atoms with van der Waals surface area (Å²) in [6.45, 7) is 3.17. The summed E-state index contributed by atoms with van der Waals surface area (Å²) in [6, 6.07) is 12.0. The highest BCUT2D eigenvalue weighted by Gasteiger charge is 2.28. The van der Waals surface area contributed by atoms with Crippen LogP contribution >= 0.6 is 0 Å². The molecule has 2 aromatic rings. The molecule has 1 atom stereocenters. The molecule has 0 spiro atoms. The van der Waals surface area contributed by atoms with Crippen molar-refractivity contribution in [3.8, 4) is 0 Å². The number of fused-ring (bicyclic) bond motifs is 1. The van der Waals surface area contributed by atoms with Crippen molar-refractivity contribution in [3.05, 3.63) is 65.4 Å². The third kappa shape index (κ3) is 4.29. The summed E-state index contributed by atoms with van der Waals surface area (Å²) in [7, 11) is -0.708. The largest absolute Gasteiger partial charge is 0.326 e. The number of amides is 2. The molecule has 1 N–H and O–H groups in total. The van der Waals surface area contributed by atoms with Gasteiger partial charge in [-0.15, -0.1) is 0 Å². The minimum Gasteiger partial charge on any atom is -0.326 e. The lowest BCUT2D eigenvalue weighted by Crippen LogP contribution is -2.33. The fourth-order valence-electron chi connectivity index (χ4n) is 3.45. The Balaban J connectivity index is 1.85. The van der Waals surface area contributed by atoms with Crippen molar-refractivity contribution >= 4 is 33.6 Å². The summed E-state index contributed by atoms with van der Waals surface area (Å²) < 4.78 is 26.2. The summed E-state index contributed by atoms with van der Waals surface area (Å²) in [5, 5.41) is 2.77. The van der Waals surface area contributed by atoms with Crippen LogP contribution in [-0.4, -0.2) is 43.5 Å². The Morgan fingerprint density at radius 2 is 1.83 bits per heavy atom. The van der Waals surface area contributed by atoms with Gasteiger partial charge >= 0.3 is 0 Å². The Morgan fingerprint density at radius 1 is 1.13 bits per heavy atom. The number of nitrogens with one attached hydrogen (secondary N) is 1. The van der Waals surface area contributed by atoms with E-state index in [-0.39, 0.29) is 23.1 Å². The predicted molar refractivity (Wildman–Crippen MR) is 116 cm³/mol. The SMILES string of the molecule is CC(=O)N1C=Cc2ccccc2[C@H]1CC(=O)Nc1ccc(C)c(S(=O)(=O)N(C)C)c1. The Morgan fingerprint density at radius 3 is 2.50 bits per heavy atom. The molecule has 1 heterocycles. The Hall–Kier alpha value is -2.97. The van der Waals surface area contributed by atoms with E-state index in [4.69, 9.17) is 0 Å². The van der Waals surface area contributed by atoms with E-state index in [0.717, 1.165) is 15.4 Å². The first-order chi connectivity index (χ1) is 14.1. The van der Waals surface area contributed by atoms with Crippen LogP contribution in [0.15, 0.2) is 53.6 Å². The quantitative estimate of drug-likeness (QED) is 0.794. The number of anilines is 1. The standard InChI is InChI=1S/C22H25N3O4S/c1-15-9-10-18(13-21(15)30(28,29)24(3)4)23-22(27)14-20-19-8-6-5-7-17(19)11-12-25(20)16(2)26/h5-13,20H,14H2,1-4H3,(H,23,27)/t20-/m1/s1. The second-order valence-electron chi connectivity index (χ2n) is 7.41. The minimum atomic E-state index is -3.63. The molecule has 3 rings (SSSR count). The van der Waals surface area contributed by atoms with Gasteiger partial charge < -0.3 is 10.2 Å². The molecule has 0 saturated heterocycles. The van der Waals surface area contributed by atoms with Gasteiger partial charge in [0.25, 0.3) is 0 Å². The maximum Gasteiger partial charge on any atom is 0.242 e. The third-order valence-corrected chi connectivity index (χ3v) is 7.04. The number of aryl methyl sites for hydroxylation is 1. The van der Waals surface area contributed by atoms with E-state index in [1.165, 1.54) is 27.1 Å². The molecule has 0 aromatic heterocycles. The molecular formula is C22H25N3O4S. The molecule has 8 heteroatoms. The Labute approximate surface area is 177 Å². The van der Waals surface area contributed by atoms with Crippen LogP contribution in [0.25, 0.3) is 6.08 Å². The molecule has 0 radical (unpaired) electrons. The summed E-state index contributed by atoms with van der Waals surface area (Å²) >= 11 is 0. The average molecular weight is 428 g/mol. The molecule has 1 aliphatic heterocycles. The Bertz CT molecular complexity index is 1120. The van der Waals surface area contributed by atoms with Crippen LogP contribution in [0.5, 0.6) is 0 Å². The van der Waals surface area contributed by atoms with Crippen molar-refractivity contribution in [2.45, 2.75) is 31.2 Å². The lowest BCUT2D eigenvalue weighted by molar-refractivity contribution is -0.129. The van der Waals surface area contributed by atoms with E-state index in [0.29, 0.717) is 11.3 Å². The molecule has 30 heavy (non-hydrogen) atoms. The Kier molecular flexibility index (Phi) is 6.09. The van der Waals surface area contributed by atoms with Gasteiger partial charge in [-0.2, -0.15) is 0 Å². The highest BCUT2D eigenvalue weighted by atomic mass is 32.2. The molecule has 0 saturated carbocycles. The van der Waals surface area contributed by atoms with Crippen LogP contribution in [0.4, 0.5) is 5.69 Å². The van der Waals surface area contributed by atoms with Crippen LogP contribution in [-0.2, 0) is 19.6 Å². The smallest absolute Gasteiger partial charge is 0.242 e. The molecule has 158 valence electrons. The number of benzene rings is 2. The van der Waals surface area contributed by atoms with E-state index < -0.39 is 16.1 Å². The first-order valence-corrected chi connectivity index (χ1v) is 10.9. The molecule has 2 aromatic carbocycles. The van der Waals surface area contributed by atoms with E-state index in [9.17, 15) is 18.0 Å². The van der Waals surface area contributed by atoms with Crippen LogP contribution in [0.2, 0.25) is 0 Å².